The van der Waals surface area contributed by atoms with Crippen molar-refractivity contribution in [3.05, 3.63) is 17.0 Å². The molecule has 0 aromatic carbocycles. The Hall–Kier alpha value is -1.85. The summed E-state index contributed by atoms with van der Waals surface area (Å²) in [7, 11) is 1.84. The van der Waals surface area contributed by atoms with Crippen LogP contribution in [0.15, 0.2) is 4.52 Å². The maximum atomic E-state index is 12.7. The predicted molar refractivity (Wildman–Crippen MR) is 75.8 cm³/mol. The lowest BCUT2D eigenvalue weighted by Gasteiger charge is -2.38. The summed E-state index contributed by atoms with van der Waals surface area (Å²) in [4.78, 5) is 28.7. The molecule has 2 aliphatic rings. The van der Waals surface area contributed by atoms with Crippen molar-refractivity contribution in [2.75, 3.05) is 26.7 Å². The minimum absolute atomic E-state index is 0.0623. The van der Waals surface area contributed by atoms with E-state index < -0.39 is 0 Å². The fourth-order valence-corrected chi connectivity index (χ4v) is 3.63. The van der Waals surface area contributed by atoms with E-state index in [2.05, 4.69) is 5.16 Å². The average Bonchev–Trinajstić information content (AvgIpc) is 2.94. The van der Waals surface area contributed by atoms with E-state index in [9.17, 15) is 9.59 Å². The molecule has 3 heterocycles. The van der Waals surface area contributed by atoms with Crippen molar-refractivity contribution in [3.63, 3.8) is 0 Å². The normalized spacial score (nSPS) is 26.0. The number of likely N-dealkylation sites (tertiary alicyclic amines) is 2. The third kappa shape index (κ3) is 2.13. The standard InChI is InChI=1S/C15H21N3O3/c1-10-12(11(2)21-16-10)13(19)18-7-4-5-15(9-18)6-8-17(3)14(15)20/h4-9H2,1-3H3/t15-/m0/s1. The highest BCUT2D eigenvalue weighted by Gasteiger charge is 2.48. The molecule has 6 heteroatoms. The molecule has 6 nitrogen and oxygen atoms in total. The van der Waals surface area contributed by atoms with Crippen LogP contribution in [0, 0.1) is 19.3 Å². The van der Waals surface area contributed by atoms with E-state index in [-0.39, 0.29) is 17.2 Å². The zero-order chi connectivity index (χ0) is 15.2. The Morgan fingerprint density at radius 2 is 2.05 bits per heavy atom. The van der Waals surface area contributed by atoms with Gasteiger partial charge in [0.1, 0.15) is 11.3 Å². The van der Waals surface area contributed by atoms with Crippen molar-refractivity contribution < 1.29 is 14.1 Å². The Bertz CT molecular complexity index is 571. The lowest BCUT2D eigenvalue weighted by Crippen LogP contribution is -2.49. The van der Waals surface area contributed by atoms with Crippen LogP contribution in [0.25, 0.3) is 0 Å². The second-order valence-electron chi connectivity index (χ2n) is 6.29. The monoisotopic (exact) mass is 291 g/mol. The summed E-state index contributed by atoms with van der Waals surface area (Å²) in [5, 5.41) is 3.85. The molecular weight excluding hydrogens is 270 g/mol. The van der Waals surface area contributed by atoms with Gasteiger partial charge in [0.2, 0.25) is 5.91 Å². The molecule has 2 aliphatic heterocycles. The summed E-state index contributed by atoms with van der Waals surface area (Å²) < 4.78 is 5.09. The molecule has 21 heavy (non-hydrogen) atoms. The largest absolute Gasteiger partial charge is 0.361 e. The lowest BCUT2D eigenvalue weighted by atomic mass is 9.78. The van der Waals surface area contributed by atoms with Crippen LogP contribution in [-0.4, -0.2) is 53.5 Å². The van der Waals surface area contributed by atoms with Gasteiger partial charge in [0, 0.05) is 26.7 Å². The predicted octanol–water partition coefficient (Wildman–Crippen LogP) is 1.38. The summed E-state index contributed by atoms with van der Waals surface area (Å²) in [6, 6.07) is 0. The zero-order valence-corrected chi connectivity index (χ0v) is 12.8. The Labute approximate surface area is 124 Å². The molecule has 2 fully saturated rings. The van der Waals surface area contributed by atoms with Gasteiger partial charge in [-0.1, -0.05) is 5.16 Å². The van der Waals surface area contributed by atoms with E-state index in [1.165, 1.54) is 0 Å². The molecule has 1 spiro atoms. The first-order valence-corrected chi connectivity index (χ1v) is 7.42. The van der Waals surface area contributed by atoms with Crippen LogP contribution in [0.5, 0.6) is 0 Å². The maximum Gasteiger partial charge on any atom is 0.259 e. The first kappa shape index (κ1) is 14.1. The zero-order valence-electron chi connectivity index (χ0n) is 12.8. The highest BCUT2D eigenvalue weighted by molar-refractivity contribution is 5.97. The van der Waals surface area contributed by atoms with Gasteiger partial charge in [-0.2, -0.15) is 0 Å². The van der Waals surface area contributed by atoms with Crippen molar-refractivity contribution in [1.29, 1.82) is 0 Å². The number of hydrogen-bond donors (Lipinski definition) is 0. The fourth-order valence-electron chi connectivity index (χ4n) is 3.63. The molecule has 0 saturated carbocycles. The molecule has 0 aliphatic carbocycles. The Morgan fingerprint density at radius 3 is 2.62 bits per heavy atom. The third-order valence-corrected chi connectivity index (χ3v) is 4.84. The minimum atomic E-state index is -0.373. The van der Waals surface area contributed by atoms with E-state index in [0.29, 0.717) is 30.1 Å². The molecule has 0 bridgehead atoms. The quantitative estimate of drug-likeness (QED) is 0.784. The molecule has 2 amide bonds. The highest BCUT2D eigenvalue weighted by Crippen LogP contribution is 2.40. The van der Waals surface area contributed by atoms with Crippen LogP contribution >= 0.6 is 0 Å². The van der Waals surface area contributed by atoms with Gasteiger partial charge in [-0.3, -0.25) is 9.59 Å². The van der Waals surface area contributed by atoms with E-state index >= 15 is 0 Å². The van der Waals surface area contributed by atoms with Gasteiger partial charge in [0.25, 0.3) is 5.91 Å². The number of hydrogen-bond acceptors (Lipinski definition) is 4. The van der Waals surface area contributed by atoms with Gasteiger partial charge in [-0.25, -0.2) is 0 Å². The van der Waals surface area contributed by atoms with Crippen LogP contribution in [0.1, 0.15) is 41.1 Å². The Kier molecular flexibility index (Phi) is 3.26. The van der Waals surface area contributed by atoms with E-state index in [1.54, 1.807) is 23.6 Å². The lowest BCUT2D eigenvalue weighted by molar-refractivity contribution is -0.137. The molecule has 2 saturated heterocycles. The molecule has 114 valence electrons. The van der Waals surface area contributed by atoms with Crippen molar-refractivity contribution >= 4 is 11.8 Å². The molecular formula is C15H21N3O3. The van der Waals surface area contributed by atoms with Crippen LogP contribution in [0.4, 0.5) is 0 Å². The van der Waals surface area contributed by atoms with Crippen molar-refractivity contribution in [2.24, 2.45) is 5.41 Å². The van der Waals surface area contributed by atoms with Gasteiger partial charge < -0.3 is 14.3 Å². The van der Waals surface area contributed by atoms with Gasteiger partial charge in [-0.05, 0) is 33.1 Å². The average molecular weight is 291 g/mol. The number of nitrogens with zero attached hydrogens (tertiary/aromatic N) is 3. The van der Waals surface area contributed by atoms with Crippen LogP contribution in [-0.2, 0) is 4.79 Å². The first-order valence-electron chi connectivity index (χ1n) is 7.42. The summed E-state index contributed by atoms with van der Waals surface area (Å²) in [6.45, 7) is 5.52. The number of piperidine rings is 1. The molecule has 0 radical (unpaired) electrons. The van der Waals surface area contributed by atoms with Crippen LogP contribution in [0.3, 0.4) is 0 Å². The SMILES string of the molecule is Cc1noc(C)c1C(=O)N1CCC[C@]2(CCN(C)C2=O)C1. The maximum absolute atomic E-state index is 12.7. The highest BCUT2D eigenvalue weighted by atomic mass is 16.5. The second kappa shape index (κ2) is 4.86. The molecule has 0 N–H and O–H groups in total. The van der Waals surface area contributed by atoms with E-state index in [0.717, 1.165) is 25.8 Å². The molecule has 1 aromatic rings. The van der Waals surface area contributed by atoms with Gasteiger partial charge >= 0.3 is 0 Å². The van der Waals surface area contributed by atoms with Gasteiger partial charge in [-0.15, -0.1) is 0 Å². The fraction of sp³-hybridized carbons (Fsp3) is 0.667. The van der Waals surface area contributed by atoms with Crippen molar-refractivity contribution in [2.45, 2.75) is 33.1 Å². The number of carbonyl (C=O) groups excluding carboxylic acids is 2. The molecule has 0 unspecified atom stereocenters. The van der Waals surface area contributed by atoms with E-state index in [1.807, 2.05) is 7.05 Å². The Morgan fingerprint density at radius 1 is 1.29 bits per heavy atom. The molecule has 3 rings (SSSR count). The van der Waals surface area contributed by atoms with E-state index in [4.69, 9.17) is 4.52 Å². The smallest absolute Gasteiger partial charge is 0.259 e. The minimum Gasteiger partial charge on any atom is -0.361 e. The molecule has 1 atom stereocenters. The van der Waals surface area contributed by atoms with Crippen molar-refractivity contribution in [1.82, 2.24) is 15.0 Å². The van der Waals surface area contributed by atoms with Gasteiger partial charge in [0.15, 0.2) is 0 Å². The molecule has 1 aromatic heterocycles. The number of rotatable bonds is 1. The summed E-state index contributed by atoms with van der Waals surface area (Å²) in [5.41, 5.74) is 0.791. The van der Waals surface area contributed by atoms with Crippen LogP contribution < -0.4 is 0 Å². The number of aromatic nitrogens is 1. The Balaban J connectivity index is 1.84. The summed E-state index contributed by atoms with van der Waals surface area (Å²) in [5.74, 6) is 0.665. The summed E-state index contributed by atoms with van der Waals surface area (Å²) in [6.07, 6.45) is 2.59. The number of carbonyl (C=O) groups is 2. The topological polar surface area (TPSA) is 66.7 Å². The van der Waals surface area contributed by atoms with Crippen molar-refractivity contribution in [3.8, 4) is 0 Å². The first-order chi connectivity index (χ1) is 9.94. The number of aryl methyl sites for hydroxylation is 2. The number of amides is 2. The van der Waals surface area contributed by atoms with Gasteiger partial charge in [0.05, 0.1) is 11.1 Å². The third-order valence-electron chi connectivity index (χ3n) is 4.84. The van der Waals surface area contributed by atoms with Crippen LogP contribution in [0.2, 0.25) is 0 Å². The summed E-state index contributed by atoms with van der Waals surface area (Å²) >= 11 is 0. The second-order valence-corrected chi connectivity index (χ2v) is 6.29.